The van der Waals surface area contributed by atoms with Crippen molar-refractivity contribution in [2.45, 2.75) is 32.6 Å². The van der Waals surface area contributed by atoms with Crippen LogP contribution >= 0.6 is 0 Å². The van der Waals surface area contributed by atoms with Crippen molar-refractivity contribution in [3.05, 3.63) is 40.6 Å². The van der Waals surface area contributed by atoms with Crippen LogP contribution in [0.25, 0.3) is 0 Å². The van der Waals surface area contributed by atoms with Gasteiger partial charge in [-0.25, -0.2) is 17.9 Å². The Labute approximate surface area is 134 Å². The summed E-state index contributed by atoms with van der Waals surface area (Å²) in [7, 11) is -3.91. The van der Waals surface area contributed by atoms with Gasteiger partial charge < -0.3 is 9.26 Å². The second kappa shape index (κ2) is 6.41. The van der Waals surface area contributed by atoms with E-state index in [1.54, 1.807) is 26.0 Å². The lowest BCUT2D eigenvalue weighted by atomic mass is 10.2. The van der Waals surface area contributed by atoms with Crippen molar-refractivity contribution in [1.29, 1.82) is 0 Å². The van der Waals surface area contributed by atoms with Crippen LogP contribution < -0.4 is 4.72 Å². The number of hydrogen-bond acceptors (Lipinski definition) is 6. The number of sulfonamides is 1. The van der Waals surface area contributed by atoms with Crippen LogP contribution in [0, 0.1) is 20.8 Å². The van der Waals surface area contributed by atoms with Crippen molar-refractivity contribution in [2.75, 3.05) is 11.3 Å². The van der Waals surface area contributed by atoms with Crippen LogP contribution in [0.2, 0.25) is 0 Å². The normalized spacial score (nSPS) is 11.3. The van der Waals surface area contributed by atoms with Crippen molar-refractivity contribution in [1.82, 2.24) is 5.16 Å². The standard InChI is InChI=1S/C15H18N2O5S/c1-5-21-15(18)13-11(4)16-22-14(13)17-23(19,20)12-7-6-9(2)8-10(12)3/h6-8,17H,5H2,1-4H3. The maximum Gasteiger partial charge on any atom is 0.345 e. The molecule has 0 aliphatic rings. The van der Waals surface area contributed by atoms with E-state index in [1.165, 1.54) is 13.0 Å². The average Bonchev–Trinajstić information content (AvgIpc) is 2.78. The number of rotatable bonds is 5. The van der Waals surface area contributed by atoms with Crippen LogP contribution in [-0.4, -0.2) is 26.2 Å². The van der Waals surface area contributed by atoms with Crippen LogP contribution in [-0.2, 0) is 14.8 Å². The third-order valence-corrected chi connectivity index (χ3v) is 4.68. The van der Waals surface area contributed by atoms with Crippen molar-refractivity contribution < 1.29 is 22.5 Å². The van der Waals surface area contributed by atoms with Crippen LogP contribution in [0.3, 0.4) is 0 Å². The van der Waals surface area contributed by atoms with E-state index in [4.69, 9.17) is 9.26 Å². The van der Waals surface area contributed by atoms with E-state index in [9.17, 15) is 13.2 Å². The lowest BCUT2D eigenvalue weighted by molar-refractivity contribution is 0.0526. The maximum atomic E-state index is 12.5. The smallest absolute Gasteiger partial charge is 0.345 e. The molecule has 0 bridgehead atoms. The number of carbonyl (C=O) groups is 1. The van der Waals surface area contributed by atoms with E-state index in [0.29, 0.717) is 5.56 Å². The molecule has 1 aromatic heterocycles. The van der Waals surface area contributed by atoms with Crippen LogP contribution in [0.5, 0.6) is 0 Å². The third-order valence-electron chi connectivity index (χ3n) is 3.19. The molecule has 2 rings (SSSR count). The average molecular weight is 338 g/mol. The van der Waals surface area contributed by atoms with Crippen LogP contribution in [0.15, 0.2) is 27.6 Å². The molecule has 23 heavy (non-hydrogen) atoms. The lowest BCUT2D eigenvalue weighted by Crippen LogP contribution is -2.17. The maximum absolute atomic E-state index is 12.5. The summed E-state index contributed by atoms with van der Waals surface area (Å²) in [6.07, 6.45) is 0. The fourth-order valence-electron chi connectivity index (χ4n) is 2.16. The number of aromatic nitrogens is 1. The molecule has 1 aromatic carbocycles. The number of nitrogens with zero attached hydrogens (tertiary/aromatic N) is 1. The first-order chi connectivity index (χ1) is 10.8. The minimum absolute atomic E-state index is 0.0276. The predicted molar refractivity (Wildman–Crippen MR) is 83.9 cm³/mol. The van der Waals surface area contributed by atoms with E-state index in [0.717, 1.165) is 5.56 Å². The number of benzene rings is 1. The molecule has 0 aliphatic heterocycles. The molecule has 0 saturated heterocycles. The molecule has 124 valence electrons. The Bertz CT molecular complexity index is 840. The predicted octanol–water partition coefficient (Wildman–Crippen LogP) is 2.58. The molecule has 0 fully saturated rings. The zero-order chi connectivity index (χ0) is 17.2. The van der Waals surface area contributed by atoms with E-state index in [-0.39, 0.29) is 28.6 Å². The van der Waals surface area contributed by atoms with Gasteiger partial charge in [-0.15, -0.1) is 0 Å². The van der Waals surface area contributed by atoms with Gasteiger partial charge in [0.25, 0.3) is 15.9 Å². The minimum atomic E-state index is -3.91. The second-order valence-corrected chi connectivity index (χ2v) is 6.72. The first-order valence-corrected chi connectivity index (χ1v) is 8.48. The Morgan fingerprint density at radius 2 is 2.00 bits per heavy atom. The molecule has 0 saturated carbocycles. The van der Waals surface area contributed by atoms with Crippen molar-refractivity contribution >= 4 is 21.9 Å². The van der Waals surface area contributed by atoms with Crippen LogP contribution in [0.1, 0.15) is 34.1 Å². The van der Waals surface area contributed by atoms with Crippen molar-refractivity contribution in [3.8, 4) is 0 Å². The van der Waals surface area contributed by atoms with E-state index in [2.05, 4.69) is 9.88 Å². The zero-order valence-corrected chi connectivity index (χ0v) is 14.2. The Kier molecular flexibility index (Phi) is 4.74. The van der Waals surface area contributed by atoms with Gasteiger partial charge in [0.2, 0.25) is 0 Å². The quantitative estimate of drug-likeness (QED) is 0.841. The number of aryl methyl sites for hydroxylation is 3. The van der Waals surface area contributed by atoms with E-state index >= 15 is 0 Å². The summed E-state index contributed by atoms with van der Waals surface area (Å²) in [5, 5.41) is 3.63. The molecule has 0 radical (unpaired) electrons. The molecule has 7 nitrogen and oxygen atoms in total. The number of hydrogen-bond donors (Lipinski definition) is 1. The summed E-state index contributed by atoms with van der Waals surface area (Å²) in [4.78, 5) is 12.0. The minimum Gasteiger partial charge on any atom is -0.462 e. The topological polar surface area (TPSA) is 98.5 Å². The highest BCUT2D eigenvalue weighted by atomic mass is 32.2. The lowest BCUT2D eigenvalue weighted by Gasteiger charge is -2.09. The molecule has 8 heteroatoms. The van der Waals surface area contributed by atoms with Gasteiger partial charge in [0.15, 0.2) is 0 Å². The summed E-state index contributed by atoms with van der Waals surface area (Å²) in [5.74, 6) is -0.939. The molecule has 0 atom stereocenters. The van der Waals surface area contributed by atoms with Crippen molar-refractivity contribution in [2.24, 2.45) is 0 Å². The van der Waals surface area contributed by atoms with Crippen molar-refractivity contribution in [3.63, 3.8) is 0 Å². The molecule has 0 spiro atoms. The van der Waals surface area contributed by atoms with Gasteiger partial charge >= 0.3 is 5.97 Å². The van der Waals surface area contributed by atoms with E-state index < -0.39 is 16.0 Å². The fraction of sp³-hybridized carbons (Fsp3) is 0.333. The van der Waals surface area contributed by atoms with Gasteiger partial charge in [0, 0.05) is 0 Å². The summed E-state index contributed by atoms with van der Waals surface area (Å²) < 4.78 is 37.2. The third kappa shape index (κ3) is 3.53. The fourth-order valence-corrected chi connectivity index (χ4v) is 3.38. The monoisotopic (exact) mass is 338 g/mol. The zero-order valence-electron chi connectivity index (χ0n) is 13.3. The van der Waals surface area contributed by atoms with E-state index in [1.807, 2.05) is 6.92 Å². The molecule has 1 heterocycles. The summed E-state index contributed by atoms with van der Waals surface area (Å²) >= 11 is 0. The largest absolute Gasteiger partial charge is 0.462 e. The number of carbonyl (C=O) groups excluding carboxylic acids is 1. The summed E-state index contributed by atoms with van der Waals surface area (Å²) in [6.45, 7) is 6.91. The highest BCUT2D eigenvalue weighted by molar-refractivity contribution is 7.92. The van der Waals surface area contributed by atoms with Gasteiger partial charge in [-0.1, -0.05) is 22.9 Å². The second-order valence-electron chi connectivity index (χ2n) is 5.07. The molecule has 0 unspecified atom stereocenters. The summed E-state index contributed by atoms with van der Waals surface area (Å²) in [6, 6.07) is 4.95. The number of ether oxygens (including phenoxy) is 1. The number of esters is 1. The Balaban J connectivity index is 2.40. The van der Waals surface area contributed by atoms with Gasteiger partial charge in [-0.2, -0.15) is 0 Å². The Morgan fingerprint density at radius 1 is 1.30 bits per heavy atom. The van der Waals surface area contributed by atoms with Gasteiger partial charge in [-0.3, -0.25) is 0 Å². The molecule has 1 N–H and O–H groups in total. The Morgan fingerprint density at radius 3 is 2.61 bits per heavy atom. The van der Waals surface area contributed by atoms with Gasteiger partial charge in [0.1, 0.15) is 5.56 Å². The summed E-state index contributed by atoms with van der Waals surface area (Å²) in [5.41, 5.74) is 1.76. The molecule has 2 aromatic rings. The first-order valence-electron chi connectivity index (χ1n) is 6.99. The highest BCUT2D eigenvalue weighted by Gasteiger charge is 2.27. The first kappa shape index (κ1) is 17.0. The molecule has 0 amide bonds. The molecule has 0 aliphatic carbocycles. The number of nitrogens with one attached hydrogen (secondary N) is 1. The SMILES string of the molecule is CCOC(=O)c1c(C)noc1NS(=O)(=O)c1ccc(C)cc1C. The number of anilines is 1. The molecular weight excluding hydrogens is 320 g/mol. The Hall–Kier alpha value is -2.35. The molecular formula is C15H18N2O5S. The van der Waals surface area contributed by atoms with Crippen LogP contribution in [0.4, 0.5) is 5.88 Å². The highest BCUT2D eigenvalue weighted by Crippen LogP contribution is 2.25. The van der Waals surface area contributed by atoms with Gasteiger partial charge in [0.05, 0.1) is 17.2 Å². The van der Waals surface area contributed by atoms with Gasteiger partial charge in [-0.05, 0) is 39.3 Å².